The fourth-order valence-corrected chi connectivity index (χ4v) is 4.25. The van der Waals surface area contributed by atoms with Gasteiger partial charge in [0.2, 0.25) is 5.88 Å². The molecule has 5 nitrogen and oxygen atoms in total. The Hall–Kier alpha value is -1.78. The van der Waals surface area contributed by atoms with E-state index in [1.807, 2.05) is 19.3 Å². The van der Waals surface area contributed by atoms with Crippen LogP contribution in [0.15, 0.2) is 23.3 Å². The summed E-state index contributed by atoms with van der Waals surface area (Å²) in [7, 11) is 1.88. The monoisotopic (exact) mass is 342 g/mol. The lowest BCUT2D eigenvalue weighted by molar-refractivity contribution is 0.288. The number of likely N-dealkylation sites (tertiary alicyclic amines) is 1. The highest BCUT2D eigenvalue weighted by Gasteiger charge is 2.41. The van der Waals surface area contributed by atoms with Gasteiger partial charge in [0.25, 0.3) is 0 Å². The average molecular weight is 342 g/mol. The van der Waals surface area contributed by atoms with Crippen LogP contribution in [0.5, 0.6) is 5.88 Å². The van der Waals surface area contributed by atoms with Crippen molar-refractivity contribution >= 4 is 5.96 Å². The molecule has 0 atom stereocenters. The first-order valence-corrected chi connectivity index (χ1v) is 9.80. The van der Waals surface area contributed by atoms with Crippen LogP contribution < -0.4 is 10.1 Å². The lowest BCUT2D eigenvalue weighted by Gasteiger charge is -2.25. The number of aliphatic imine (C=N–C) groups is 1. The molecule has 1 saturated heterocycles. The topological polar surface area (TPSA) is 49.8 Å². The van der Waals surface area contributed by atoms with Crippen LogP contribution in [0.25, 0.3) is 0 Å². The van der Waals surface area contributed by atoms with Gasteiger partial charge in [-0.25, -0.2) is 4.98 Å². The summed E-state index contributed by atoms with van der Waals surface area (Å²) in [5.41, 5.74) is 1.73. The standard InChI is InChI=1S/C20H30N4O/c1-21-19(24-11-10-20(15-24)8-2-3-9-20)23-13-17-6-7-18(22-12-17)25-14-16-4-5-16/h6-7,12,16H,2-5,8-11,13-15H2,1H3,(H,21,23). The number of nitrogens with one attached hydrogen (secondary N) is 1. The summed E-state index contributed by atoms with van der Waals surface area (Å²) in [4.78, 5) is 11.4. The molecule has 0 bridgehead atoms. The number of aromatic nitrogens is 1. The average Bonchev–Trinajstić information content (AvgIpc) is 3.22. The van der Waals surface area contributed by atoms with E-state index >= 15 is 0 Å². The van der Waals surface area contributed by atoms with Crippen LogP contribution in [0.4, 0.5) is 0 Å². The van der Waals surface area contributed by atoms with Crippen molar-refractivity contribution in [2.45, 2.75) is 51.5 Å². The Morgan fingerprint density at radius 2 is 2.16 bits per heavy atom. The summed E-state index contributed by atoms with van der Waals surface area (Å²) in [5.74, 6) is 2.52. The van der Waals surface area contributed by atoms with Crippen LogP contribution in [0.1, 0.15) is 50.5 Å². The third-order valence-corrected chi connectivity index (χ3v) is 6.03. The van der Waals surface area contributed by atoms with Crippen LogP contribution in [0, 0.1) is 11.3 Å². The van der Waals surface area contributed by atoms with E-state index in [2.05, 4.69) is 26.3 Å². The van der Waals surface area contributed by atoms with Crippen LogP contribution in [0.3, 0.4) is 0 Å². The zero-order valence-electron chi connectivity index (χ0n) is 15.3. The minimum atomic E-state index is 0.569. The molecule has 1 spiro atoms. The van der Waals surface area contributed by atoms with Crippen molar-refractivity contribution in [3.05, 3.63) is 23.9 Å². The SMILES string of the molecule is CN=C(NCc1ccc(OCC2CC2)nc1)N1CCC2(CCCC2)C1. The fraction of sp³-hybridized carbons (Fsp3) is 0.700. The molecule has 136 valence electrons. The highest BCUT2D eigenvalue weighted by molar-refractivity contribution is 5.80. The van der Waals surface area contributed by atoms with Crippen molar-refractivity contribution < 1.29 is 4.74 Å². The molecule has 4 rings (SSSR count). The molecule has 0 radical (unpaired) electrons. The van der Waals surface area contributed by atoms with E-state index < -0.39 is 0 Å². The van der Waals surface area contributed by atoms with Crippen LogP contribution >= 0.6 is 0 Å². The third kappa shape index (κ3) is 4.07. The molecule has 2 saturated carbocycles. The molecule has 1 aromatic heterocycles. The highest BCUT2D eigenvalue weighted by Crippen LogP contribution is 2.45. The first kappa shape index (κ1) is 16.7. The molecular weight excluding hydrogens is 312 g/mol. The highest BCUT2D eigenvalue weighted by atomic mass is 16.5. The Bertz CT molecular complexity index is 603. The van der Waals surface area contributed by atoms with Crippen molar-refractivity contribution in [3.8, 4) is 5.88 Å². The van der Waals surface area contributed by atoms with Gasteiger partial charge in [0.1, 0.15) is 0 Å². The zero-order valence-corrected chi connectivity index (χ0v) is 15.3. The molecule has 25 heavy (non-hydrogen) atoms. The Morgan fingerprint density at radius 1 is 1.32 bits per heavy atom. The van der Waals surface area contributed by atoms with Gasteiger partial charge in [0.05, 0.1) is 6.61 Å². The van der Waals surface area contributed by atoms with E-state index in [4.69, 9.17) is 4.74 Å². The largest absolute Gasteiger partial charge is 0.477 e. The smallest absolute Gasteiger partial charge is 0.213 e. The molecule has 0 aromatic carbocycles. The third-order valence-electron chi connectivity index (χ3n) is 6.03. The number of nitrogens with zero attached hydrogens (tertiary/aromatic N) is 3. The predicted octanol–water partition coefficient (Wildman–Crippen LogP) is 3.21. The second-order valence-electron chi connectivity index (χ2n) is 8.04. The summed E-state index contributed by atoms with van der Waals surface area (Å²) in [6.07, 6.45) is 11.4. The maximum absolute atomic E-state index is 5.70. The summed E-state index contributed by atoms with van der Waals surface area (Å²) in [6, 6.07) is 4.07. The number of ether oxygens (including phenoxy) is 1. The zero-order chi connectivity index (χ0) is 17.1. The van der Waals surface area contributed by atoms with Crippen molar-refractivity contribution in [1.82, 2.24) is 15.2 Å². The fourth-order valence-electron chi connectivity index (χ4n) is 4.25. The minimum Gasteiger partial charge on any atom is -0.477 e. The van der Waals surface area contributed by atoms with Gasteiger partial charge in [0.15, 0.2) is 5.96 Å². The predicted molar refractivity (Wildman–Crippen MR) is 99.7 cm³/mol. The number of hydrogen-bond donors (Lipinski definition) is 1. The second-order valence-corrected chi connectivity index (χ2v) is 8.04. The van der Waals surface area contributed by atoms with Gasteiger partial charge in [-0.3, -0.25) is 4.99 Å². The quantitative estimate of drug-likeness (QED) is 0.659. The molecule has 2 heterocycles. The molecule has 5 heteroatoms. The maximum atomic E-state index is 5.70. The maximum Gasteiger partial charge on any atom is 0.213 e. The van der Waals surface area contributed by atoms with Gasteiger partial charge in [-0.05, 0) is 49.0 Å². The number of pyridine rings is 1. The molecule has 0 amide bonds. The van der Waals surface area contributed by atoms with E-state index in [9.17, 15) is 0 Å². The Labute approximate surface area is 150 Å². The van der Waals surface area contributed by atoms with Gasteiger partial charge < -0.3 is 15.0 Å². The molecule has 1 aliphatic heterocycles. The first-order valence-electron chi connectivity index (χ1n) is 9.80. The van der Waals surface area contributed by atoms with Gasteiger partial charge >= 0.3 is 0 Å². The second kappa shape index (κ2) is 7.22. The van der Waals surface area contributed by atoms with Crippen LogP contribution in [0.2, 0.25) is 0 Å². The van der Waals surface area contributed by atoms with E-state index in [0.717, 1.165) is 43.0 Å². The molecule has 0 unspecified atom stereocenters. The molecule has 3 fully saturated rings. The van der Waals surface area contributed by atoms with E-state index in [1.54, 1.807) is 0 Å². The molecule has 2 aliphatic carbocycles. The molecule has 1 N–H and O–H groups in total. The minimum absolute atomic E-state index is 0.569. The van der Waals surface area contributed by atoms with Gasteiger partial charge in [-0.2, -0.15) is 0 Å². The van der Waals surface area contributed by atoms with Crippen LogP contribution in [-0.2, 0) is 6.54 Å². The number of hydrogen-bond acceptors (Lipinski definition) is 3. The summed E-state index contributed by atoms with van der Waals surface area (Å²) in [5, 5.41) is 3.51. The van der Waals surface area contributed by atoms with Gasteiger partial charge in [0, 0.05) is 38.9 Å². The summed E-state index contributed by atoms with van der Waals surface area (Å²) in [6.45, 7) is 3.87. The lowest BCUT2D eigenvalue weighted by Crippen LogP contribution is -2.40. The number of rotatable bonds is 5. The molecular formula is C20H30N4O. The first-order chi connectivity index (χ1) is 12.3. The Kier molecular flexibility index (Phi) is 4.82. The van der Waals surface area contributed by atoms with E-state index in [1.165, 1.54) is 51.5 Å². The lowest BCUT2D eigenvalue weighted by atomic mass is 9.86. The molecule has 3 aliphatic rings. The van der Waals surface area contributed by atoms with Crippen molar-refractivity contribution in [1.29, 1.82) is 0 Å². The van der Waals surface area contributed by atoms with Crippen LogP contribution in [-0.4, -0.2) is 42.6 Å². The van der Waals surface area contributed by atoms with Crippen molar-refractivity contribution in [3.63, 3.8) is 0 Å². The summed E-state index contributed by atoms with van der Waals surface area (Å²) < 4.78 is 5.70. The van der Waals surface area contributed by atoms with Crippen molar-refractivity contribution in [2.24, 2.45) is 16.3 Å². The normalized spacial score (nSPS) is 22.6. The van der Waals surface area contributed by atoms with E-state index in [-0.39, 0.29) is 0 Å². The van der Waals surface area contributed by atoms with E-state index in [0.29, 0.717) is 5.41 Å². The molecule has 1 aromatic rings. The summed E-state index contributed by atoms with van der Waals surface area (Å²) >= 11 is 0. The Morgan fingerprint density at radius 3 is 2.84 bits per heavy atom. The van der Waals surface area contributed by atoms with Gasteiger partial charge in [-0.15, -0.1) is 0 Å². The Balaban J connectivity index is 1.27. The number of guanidine groups is 1. The van der Waals surface area contributed by atoms with Crippen molar-refractivity contribution in [2.75, 3.05) is 26.7 Å². The van der Waals surface area contributed by atoms with Gasteiger partial charge in [-0.1, -0.05) is 18.9 Å².